The van der Waals surface area contributed by atoms with Gasteiger partial charge in [0.2, 0.25) is 0 Å². The summed E-state index contributed by atoms with van der Waals surface area (Å²) in [5.74, 6) is -0.532. The number of ether oxygens (including phenoxy) is 2. The normalized spacial score (nSPS) is 10.1. The molecule has 2 aromatic rings. The summed E-state index contributed by atoms with van der Waals surface area (Å²) in [5.41, 5.74) is 2.13. The Kier molecular flexibility index (Phi) is 6.63. The zero-order valence-corrected chi connectivity index (χ0v) is 14.0. The summed E-state index contributed by atoms with van der Waals surface area (Å²) in [4.78, 5) is 23.2. The number of hydrogen-bond donors (Lipinski definition) is 1. The van der Waals surface area contributed by atoms with E-state index < -0.39 is 5.97 Å². The van der Waals surface area contributed by atoms with E-state index in [9.17, 15) is 9.59 Å². The maximum Gasteiger partial charge on any atom is 0.344 e. The summed E-state index contributed by atoms with van der Waals surface area (Å²) < 4.78 is 10.1. The molecule has 24 heavy (non-hydrogen) atoms. The van der Waals surface area contributed by atoms with Crippen molar-refractivity contribution < 1.29 is 19.1 Å². The largest absolute Gasteiger partial charge is 0.482 e. The van der Waals surface area contributed by atoms with Crippen molar-refractivity contribution in [2.24, 2.45) is 0 Å². The Labute approximate surface area is 145 Å². The zero-order valence-electron chi connectivity index (χ0n) is 13.3. The summed E-state index contributed by atoms with van der Waals surface area (Å²) in [6.07, 6.45) is 0. The molecule has 0 atom stereocenters. The maximum atomic E-state index is 11.7. The topological polar surface area (TPSA) is 64.6 Å². The van der Waals surface area contributed by atoms with Crippen LogP contribution in [0, 0.1) is 6.92 Å². The Morgan fingerprint density at radius 3 is 2.54 bits per heavy atom. The number of rotatable bonds is 7. The molecule has 0 aliphatic rings. The lowest BCUT2D eigenvalue weighted by Gasteiger charge is -2.08. The van der Waals surface area contributed by atoms with E-state index in [2.05, 4.69) is 5.32 Å². The van der Waals surface area contributed by atoms with Crippen molar-refractivity contribution in [1.82, 2.24) is 5.32 Å². The van der Waals surface area contributed by atoms with Crippen LogP contribution in [0.25, 0.3) is 0 Å². The Bertz CT molecular complexity index is 700. The molecule has 5 nitrogen and oxygen atoms in total. The first-order valence-corrected chi connectivity index (χ1v) is 7.77. The second-order valence-electron chi connectivity index (χ2n) is 5.17. The second kappa shape index (κ2) is 8.93. The highest BCUT2D eigenvalue weighted by atomic mass is 35.5. The van der Waals surface area contributed by atoms with Crippen LogP contribution in [0.5, 0.6) is 5.75 Å². The van der Waals surface area contributed by atoms with Crippen LogP contribution in [-0.4, -0.2) is 25.1 Å². The third-order valence-electron chi connectivity index (χ3n) is 3.13. The number of aryl methyl sites for hydroxylation is 1. The van der Waals surface area contributed by atoms with Crippen LogP contribution < -0.4 is 10.1 Å². The fourth-order valence-electron chi connectivity index (χ4n) is 1.84. The molecule has 0 spiro atoms. The van der Waals surface area contributed by atoms with Crippen molar-refractivity contribution in [3.8, 4) is 5.75 Å². The van der Waals surface area contributed by atoms with Crippen LogP contribution in [0.15, 0.2) is 48.5 Å². The summed E-state index contributed by atoms with van der Waals surface area (Å²) in [6, 6.07) is 14.5. The quantitative estimate of drug-likeness (QED) is 0.782. The molecule has 2 rings (SSSR count). The van der Waals surface area contributed by atoms with Crippen molar-refractivity contribution in [1.29, 1.82) is 0 Å². The number of nitrogens with one attached hydrogen (secondary N) is 1. The van der Waals surface area contributed by atoms with Gasteiger partial charge in [-0.05, 0) is 30.7 Å². The van der Waals surface area contributed by atoms with Gasteiger partial charge in [0, 0.05) is 11.6 Å². The average molecular weight is 348 g/mol. The van der Waals surface area contributed by atoms with Gasteiger partial charge in [-0.1, -0.05) is 47.5 Å². The monoisotopic (exact) mass is 347 g/mol. The van der Waals surface area contributed by atoms with Crippen molar-refractivity contribution in [2.75, 3.05) is 13.2 Å². The van der Waals surface area contributed by atoms with Crippen LogP contribution in [0.4, 0.5) is 0 Å². The van der Waals surface area contributed by atoms with E-state index in [1.807, 2.05) is 31.2 Å². The Balaban J connectivity index is 1.65. The standard InChI is InChI=1S/C18H18ClNO4/c1-13-5-7-14(8-6-13)10-20-17(21)11-24-18(22)12-23-16-4-2-3-15(19)9-16/h2-9H,10-12H2,1H3,(H,20,21). The van der Waals surface area contributed by atoms with Gasteiger partial charge in [-0.2, -0.15) is 0 Å². The minimum Gasteiger partial charge on any atom is -0.482 e. The smallest absolute Gasteiger partial charge is 0.344 e. The maximum absolute atomic E-state index is 11.7. The Morgan fingerprint density at radius 1 is 1.08 bits per heavy atom. The first kappa shape index (κ1) is 17.8. The molecule has 0 saturated carbocycles. The van der Waals surface area contributed by atoms with E-state index in [4.69, 9.17) is 21.1 Å². The molecule has 0 bridgehead atoms. The molecule has 0 aliphatic carbocycles. The summed E-state index contributed by atoms with van der Waals surface area (Å²) in [6.45, 7) is 1.75. The third-order valence-corrected chi connectivity index (χ3v) is 3.36. The molecule has 0 aromatic heterocycles. The first-order valence-electron chi connectivity index (χ1n) is 7.39. The van der Waals surface area contributed by atoms with Gasteiger partial charge in [-0.3, -0.25) is 4.79 Å². The fraction of sp³-hybridized carbons (Fsp3) is 0.222. The predicted octanol–water partition coefficient (Wildman–Crippen LogP) is 2.89. The van der Waals surface area contributed by atoms with Crippen LogP contribution in [0.1, 0.15) is 11.1 Å². The van der Waals surface area contributed by atoms with Crippen LogP contribution in [0.2, 0.25) is 5.02 Å². The molecule has 0 saturated heterocycles. The number of esters is 1. The minimum atomic E-state index is -0.625. The van der Waals surface area contributed by atoms with Gasteiger partial charge in [-0.15, -0.1) is 0 Å². The number of carbonyl (C=O) groups excluding carboxylic acids is 2. The molecule has 0 heterocycles. The van der Waals surface area contributed by atoms with E-state index in [0.29, 0.717) is 17.3 Å². The molecule has 0 radical (unpaired) electrons. The molecule has 6 heteroatoms. The molecule has 2 aromatic carbocycles. The predicted molar refractivity (Wildman–Crippen MR) is 90.9 cm³/mol. The van der Waals surface area contributed by atoms with Gasteiger partial charge in [-0.25, -0.2) is 4.79 Å². The first-order chi connectivity index (χ1) is 11.5. The fourth-order valence-corrected chi connectivity index (χ4v) is 2.02. The number of halogens is 1. The highest BCUT2D eigenvalue weighted by Gasteiger charge is 2.08. The van der Waals surface area contributed by atoms with Crippen molar-refractivity contribution in [3.05, 3.63) is 64.7 Å². The molecule has 0 aliphatic heterocycles. The highest BCUT2D eigenvalue weighted by Crippen LogP contribution is 2.16. The van der Waals surface area contributed by atoms with Gasteiger partial charge < -0.3 is 14.8 Å². The molecule has 126 valence electrons. The van der Waals surface area contributed by atoms with Gasteiger partial charge >= 0.3 is 5.97 Å². The summed E-state index contributed by atoms with van der Waals surface area (Å²) >= 11 is 5.81. The number of amides is 1. The van der Waals surface area contributed by atoms with E-state index in [1.54, 1.807) is 24.3 Å². The number of hydrogen-bond acceptors (Lipinski definition) is 4. The van der Waals surface area contributed by atoms with Crippen LogP contribution in [0.3, 0.4) is 0 Å². The van der Waals surface area contributed by atoms with Crippen molar-refractivity contribution in [2.45, 2.75) is 13.5 Å². The van der Waals surface area contributed by atoms with Gasteiger partial charge in [0.25, 0.3) is 5.91 Å². The molecular weight excluding hydrogens is 330 g/mol. The molecule has 1 N–H and O–H groups in total. The third kappa shape index (κ3) is 6.30. The number of benzene rings is 2. The molecular formula is C18H18ClNO4. The van der Waals surface area contributed by atoms with Crippen molar-refractivity contribution >= 4 is 23.5 Å². The number of carbonyl (C=O) groups is 2. The van der Waals surface area contributed by atoms with Gasteiger partial charge in [0.05, 0.1) is 0 Å². The lowest BCUT2D eigenvalue weighted by atomic mass is 10.1. The van der Waals surface area contributed by atoms with Gasteiger partial charge in [0.1, 0.15) is 5.75 Å². The van der Waals surface area contributed by atoms with E-state index >= 15 is 0 Å². The minimum absolute atomic E-state index is 0.286. The Hall–Kier alpha value is -2.53. The second-order valence-corrected chi connectivity index (χ2v) is 5.61. The van der Waals surface area contributed by atoms with E-state index in [1.165, 1.54) is 0 Å². The van der Waals surface area contributed by atoms with Crippen LogP contribution >= 0.6 is 11.6 Å². The van der Waals surface area contributed by atoms with Crippen molar-refractivity contribution in [3.63, 3.8) is 0 Å². The average Bonchev–Trinajstić information content (AvgIpc) is 2.57. The van der Waals surface area contributed by atoms with Crippen LogP contribution in [-0.2, 0) is 20.9 Å². The molecule has 1 amide bonds. The molecule has 0 unspecified atom stereocenters. The SMILES string of the molecule is Cc1ccc(CNC(=O)COC(=O)COc2cccc(Cl)c2)cc1. The lowest BCUT2D eigenvalue weighted by molar-refractivity contribution is -0.150. The summed E-state index contributed by atoms with van der Waals surface area (Å²) in [7, 11) is 0. The van der Waals surface area contributed by atoms with E-state index in [-0.39, 0.29) is 19.1 Å². The van der Waals surface area contributed by atoms with Gasteiger partial charge in [0.15, 0.2) is 13.2 Å². The molecule has 0 fully saturated rings. The van der Waals surface area contributed by atoms with E-state index in [0.717, 1.165) is 11.1 Å². The lowest BCUT2D eigenvalue weighted by Crippen LogP contribution is -2.29. The summed E-state index contributed by atoms with van der Waals surface area (Å²) in [5, 5.41) is 3.19. The highest BCUT2D eigenvalue weighted by molar-refractivity contribution is 6.30. The Morgan fingerprint density at radius 2 is 1.83 bits per heavy atom. The zero-order chi connectivity index (χ0) is 17.4.